The van der Waals surface area contributed by atoms with E-state index in [2.05, 4.69) is 40.9 Å². The zero-order valence-corrected chi connectivity index (χ0v) is 66.8. The van der Waals surface area contributed by atoms with Crippen molar-refractivity contribution in [3.05, 3.63) is 100 Å². The standard InChI is InChI=1S/C74H103F4N15O23S/c1-6-82-55(43-49(3)79)70(97)86-72-85-54-46-52(69(81)96)48-58(65(54)92(72)15-9-8-14-91-64-53(45-51(68(80)95)47-57(64)103-5)84-73(91)87-71(98)56-44-50(4)88-93(56)7-2)114-21-10-13-89-17-19-90(20-18-89)16-12-83-74(99)115-42-41-113-40-39-112-38-37-111-36-35-110-34-33-109-32-31-108-30-29-107-28-27-106-26-25-105-24-23-104-22-11-59(94)116-66-60(75)62(77)67(117(100,101)102)63(78)61(66)76/h8-9,43-48,79,82H,6-7,10-42H2,1-5H3,(H2,80,95)(H2,81,96)(H,83,99)(H,84,87,98)(H,85,86,97)(H,100,101,102)/b9-8+,55-43-,79-49?. The molecule has 38 nitrogen and oxygen atoms in total. The molecule has 1 aliphatic rings. The van der Waals surface area contributed by atoms with Gasteiger partial charge in [0.2, 0.25) is 41.1 Å². The SMILES string of the molecule is CCN/C(=C\C(C)=N)C(=O)Nc1nc2cc(C(N)=O)cc(OCCCN3CCN(CCNC(=O)OCCOCCOCCOCCOCCOCCOCCOCCOCCOCCOCCC(=O)Oc4c(F)c(F)c(S(=O)(=O)O)c(F)c4F)CC3)c2n1C/C=C/Cn1c(NC(=O)c2cc(C)nn2CC)nc2cc(C(N)=O)cc(OC)c21. The molecule has 43 heteroatoms. The lowest BCUT2D eigenvalue weighted by atomic mass is 10.1. The molecule has 646 valence electrons. The molecule has 0 saturated carbocycles. The molecule has 3 aromatic heterocycles. The Bertz CT molecular complexity index is 4420. The number of piperazine rings is 1. The van der Waals surface area contributed by atoms with E-state index in [1.807, 2.05) is 26.0 Å². The van der Waals surface area contributed by atoms with Crippen molar-refractivity contribution in [1.82, 2.24) is 49.3 Å². The Balaban J connectivity index is 0.690. The number of imidazole rings is 2. The van der Waals surface area contributed by atoms with Crippen molar-refractivity contribution in [3.63, 3.8) is 0 Å². The normalized spacial score (nSPS) is 12.9. The van der Waals surface area contributed by atoms with E-state index >= 15 is 0 Å². The lowest BCUT2D eigenvalue weighted by Gasteiger charge is -2.34. The number of rotatable bonds is 58. The first-order valence-corrected chi connectivity index (χ1v) is 39.1. The summed E-state index contributed by atoms with van der Waals surface area (Å²) in [5, 5.41) is 24.1. The average molecular weight is 1680 g/mol. The molecule has 0 unspecified atom stereocenters. The summed E-state index contributed by atoms with van der Waals surface area (Å²) in [7, 11) is -4.22. The van der Waals surface area contributed by atoms with Crippen molar-refractivity contribution in [3.8, 4) is 17.2 Å². The monoisotopic (exact) mass is 1680 g/mol. The molecule has 117 heavy (non-hydrogen) atoms. The van der Waals surface area contributed by atoms with Gasteiger partial charge in [0.25, 0.3) is 11.8 Å². The third-order valence-corrected chi connectivity index (χ3v) is 17.8. The van der Waals surface area contributed by atoms with Gasteiger partial charge in [-0.3, -0.25) is 48.7 Å². The number of methoxy groups -OCH3 is 1. The number of nitrogens with one attached hydrogen (secondary N) is 5. The number of amides is 5. The van der Waals surface area contributed by atoms with Crippen LogP contribution in [0, 0.1) is 35.6 Å². The maximum Gasteiger partial charge on any atom is 0.407 e. The predicted molar refractivity (Wildman–Crippen MR) is 413 cm³/mol. The van der Waals surface area contributed by atoms with E-state index in [1.54, 1.807) is 39.8 Å². The first-order valence-electron chi connectivity index (χ1n) is 37.7. The average Bonchev–Trinajstić information content (AvgIpc) is 1.73. The largest absolute Gasteiger partial charge is 0.494 e. The van der Waals surface area contributed by atoms with Crippen LogP contribution in [0.3, 0.4) is 0 Å². The first kappa shape index (κ1) is 94.3. The highest BCUT2D eigenvalue weighted by molar-refractivity contribution is 7.85. The highest BCUT2D eigenvalue weighted by Crippen LogP contribution is 2.35. The number of carbonyl (C=O) groups is 6. The van der Waals surface area contributed by atoms with Gasteiger partial charge in [-0.15, -0.1) is 0 Å². The molecule has 0 spiro atoms. The molecule has 4 heterocycles. The summed E-state index contributed by atoms with van der Waals surface area (Å²) >= 11 is 0. The Morgan fingerprint density at radius 1 is 0.590 bits per heavy atom. The number of halogens is 4. The number of likely N-dealkylation sites (N-methyl/N-ethyl adjacent to an activating group) is 1. The second kappa shape index (κ2) is 50.0. The highest BCUT2D eigenvalue weighted by Gasteiger charge is 2.35. The van der Waals surface area contributed by atoms with Crippen LogP contribution in [0.15, 0.2) is 59.2 Å². The van der Waals surface area contributed by atoms with Gasteiger partial charge in [-0.1, -0.05) is 12.2 Å². The fourth-order valence-electron chi connectivity index (χ4n) is 11.4. The first-order chi connectivity index (χ1) is 56.3. The zero-order chi connectivity index (χ0) is 84.7. The minimum Gasteiger partial charge on any atom is -0.494 e. The van der Waals surface area contributed by atoms with Gasteiger partial charge in [-0.25, -0.2) is 23.5 Å². The van der Waals surface area contributed by atoms with E-state index in [-0.39, 0.29) is 112 Å². The van der Waals surface area contributed by atoms with Crippen molar-refractivity contribution in [2.75, 3.05) is 215 Å². The lowest BCUT2D eigenvalue weighted by Crippen LogP contribution is -2.48. The van der Waals surface area contributed by atoms with Gasteiger partial charge in [0, 0.05) is 88.8 Å². The summed E-state index contributed by atoms with van der Waals surface area (Å²) in [5.74, 6) is -14.4. The van der Waals surface area contributed by atoms with Crippen LogP contribution in [0.2, 0.25) is 0 Å². The van der Waals surface area contributed by atoms with Gasteiger partial charge in [0.15, 0.2) is 16.5 Å². The summed E-state index contributed by atoms with van der Waals surface area (Å²) < 4.78 is 168. The predicted octanol–water partition coefficient (Wildman–Crippen LogP) is 4.17. The number of ether oxygens (including phenoxy) is 14. The number of aromatic nitrogens is 6. The second-order valence-corrected chi connectivity index (χ2v) is 26.9. The number of nitrogens with zero attached hydrogens (tertiary/aromatic N) is 8. The Labute approximate surface area is 672 Å². The van der Waals surface area contributed by atoms with Gasteiger partial charge in [0.1, 0.15) is 40.5 Å². The Hall–Kier alpha value is -9.87. The molecule has 0 aliphatic carbocycles. The van der Waals surface area contributed by atoms with Gasteiger partial charge < -0.3 is 108 Å². The molecule has 0 atom stereocenters. The Morgan fingerprint density at radius 2 is 1.03 bits per heavy atom. The second-order valence-electron chi connectivity index (χ2n) is 25.5. The van der Waals surface area contributed by atoms with E-state index < -0.39 is 86.1 Å². The number of benzene rings is 3. The lowest BCUT2D eigenvalue weighted by molar-refractivity contribution is -0.136. The van der Waals surface area contributed by atoms with E-state index in [0.29, 0.717) is 165 Å². The fourth-order valence-corrected chi connectivity index (χ4v) is 12.0. The number of hydrogen-bond donors (Lipinski definition) is 8. The fraction of sp³-hybridized carbons (Fsp3) is 0.541. The molecule has 1 aliphatic heterocycles. The quantitative estimate of drug-likeness (QED) is 0.00305. The van der Waals surface area contributed by atoms with Crippen molar-refractivity contribution < 1.29 is 126 Å². The van der Waals surface area contributed by atoms with Crippen LogP contribution in [0.25, 0.3) is 22.1 Å². The number of primary amides is 2. The number of allylic oxidation sites excluding steroid dienone is 3. The number of aryl methyl sites for hydroxylation is 2. The molecule has 0 radical (unpaired) electrons. The van der Waals surface area contributed by atoms with Crippen LogP contribution in [0.1, 0.15) is 70.5 Å². The minimum atomic E-state index is -5.66. The van der Waals surface area contributed by atoms with E-state index in [0.717, 1.165) is 26.2 Å². The van der Waals surface area contributed by atoms with Crippen LogP contribution in [0.4, 0.5) is 34.3 Å². The maximum absolute atomic E-state index is 14.0. The molecular formula is C74H103F4N15O23S. The molecule has 3 aromatic carbocycles. The number of alkyl carbamates (subject to hydrolysis) is 1. The number of fused-ring (bicyclic) bond motifs is 2. The summed E-state index contributed by atoms with van der Waals surface area (Å²) in [6, 6.07) is 7.73. The number of hydrogen-bond acceptors (Lipinski definition) is 29. The highest BCUT2D eigenvalue weighted by atomic mass is 32.2. The summed E-state index contributed by atoms with van der Waals surface area (Å²) in [5.41, 5.74) is 14.6. The van der Waals surface area contributed by atoms with Gasteiger partial charge in [-0.2, -0.15) is 22.3 Å². The number of anilines is 2. The van der Waals surface area contributed by atoms with E-state index in [4.69, 9.17) is 93.0 Å². The van der Waals surface area contributed by atoms with Gasteiger partial charge in [0.05, 0.1) is 169 Å². The van der Waals surface area contributed by atoms with Crippen molar-refractivity contribution in [2.45, 2.75) is 65.1 Å². The van der Waals surface area contributed by atoms with Gasteiger partial charge in [-0.05, 0) is 70.5 Å². The van der Waals surface area contributed by atoms with Crippen LogP contribution in [-0.4, -0.2) is 298 Å². The molecule has 1 fully saturated rings. The molecule has 6 aromatic rings. The number of esters is 1. The summed E-state index contributed by atoms with van der Waals surface area (Å²) in [4.78, 5) is 89.0. The molecule has 1 saturated heterocycles. The molecule has 5 amide bonds. The smallest absolute Gasteiger partial charge is 0.407 e. The maximum atomic E-state index is 14.0. The Kier molecular flexibility index (Phi) is 40.3. The molecule has 10 N–H and O–H groups in total. The Morgan fingerprint density at radius 3 is 1.48 bits per heavy atom. The van der Waals surface area contributed by atoms with E-state index in [9.17, 15) is 54.7 Å². The summed E-state index contributed by atoms with van der Waals surface area (Å²) in [6.07, 6.45) is 4.49. The van der Waals surface area contributed by atoms with Crippen LogP contribution >= 0.6 is 0 Å². The molecule has 7 rings (SSSR count). The van der Waals surface area contributed by atoms with Crippen molar-refractivity contribution in [1.29, 1.82) is 5.41 Å². The third kappa shape index (κ3) is 30.9. The zero-order valence-electron chi connectivity index (χ0n) is 65.9. The van der Waals surface area contributed by atoms with Crippen LogP contribution < -0.4 is 46.9 Å². The van der Waals surface area contributed by atoms with Crippen molar-refractivity contribution in [2.24, 2.45) is 11.5 Å². The minimum absolute atomic E-state index is 0.00482. The van der Waals surface area contributed by atoms with Crippen LogP contribution in [0.5, 0.6) is 17.2 Å². The molecule has 0 bridgehead atoms. The number of carbonyl (C=O) groups excluding carboxylic acids is 6. The topological polar surface area (TPSA) is 470 Å². The summed E-state index contributed by atoms with van der Waals surface area (Å²) in [6.45, 7) is 18.5. The van der Waals surface area contributed by atoms with Crippen molar-refractivity contribution >= 4 is 85.5 Å². The van der Waals surface area contributed by atoms with Crippen LogP contribution in [-0.2, 0) is 91.4 Å². The number of nitrogens with two attached hydrogens (primary N) is 2. The molecular weight excluding hydrogens is 1570 g/mol. The van der Waals surface area contributed by atoms with E-state index in [1.165, 1.54) is 31.4 Å². The van der Waals surface area contributed by atoms with Gasteiger partial charge >= 0.3 is 22.2 Å². The third-order valence-electron chi connectivity index (χ3n) is 17.0.